The lowest BCUT2D eigenvalue weighted by molar-refractivity contribution is 0.393. The number of aryl methyl sites for hydroxylation is 2. The third kappa shape index (κ3) is 4.02. The molecule has 0 bridgehead atoms. The molecule has 5 aromatic rings. The van der Waals surface area contributed by atoms with Gasteiger partial charge in [0.25, 0.3) is 0 Å². The second-order valence-electron chi connectivity index (χ2n) is 8.40. The van der Waals surface area contributed by atoms with Crippen LogP contribution in [0, 0.1) is 13.8 Å². The maximum absolute atomic E-state index is 12.2. The SMILES string of the molecule is CNS(=O)(=O)c1ccc(-c2cn(C(C)c3ccccn3)c3cc(-c4c(C)noc4C)cnc23)cc1. The van der Waals surface area contributed by atoms with Crippen LogP contribution < -0.4 is 4.72 Å². The molecule has 0 radical (unpaired) electrons. The van der Waals surface area contributed by atoms with Crippen molar-refractivity contribution in [3.8, 4) is 22.3 Å². The van der Waals surface area contributed by atoms with E-state index in [0.717, 1.165) is 50.4 Å². The van der Waals surface area contributed by atoms with Crippen LogP contribution in [0.2, 0.25) is 0 Å². The van der Waals surface area contributed by atoms with Crippen LogP contribution in [-0.4, -0.2) is 35.2 Å². The molecule has 0 aliphatic carbocycles. The molecule has 4 heterocycles. The third-order valence-corrected chi connectivity index (χ3v) is 7.70. The first-order chi connectivity index (χ1) is 16.8. The lowest BCUT2D eigenvalue weighted by atomic mass is 10.0. The van der Waals surface area contributed by atoms with Crippen molar-refractivity contribution in [1.29, 1.82) is 0 Å². The Labute approximate surface area is 203 Å². The van der Waals surface area contributed by atoms with E-state index in [1.807, 2.05) is 38.2 Å². The Morgan fingerprint density at radius 3 is 2.43 bits per heavy atom. The van der Waals surface area contributed by atoms with Crippen molar-refractivity contribution in [1.82, 2.24) is 24.4 Å². The molecule has 1 atom stereocenters. The first kappa shape index (κ1) is 22.9. The highest BCUT2D eigenvalue weighted by atomic mass is 32.2. The molecule has 0 fully saturated rings. The van der Waals surface area contributed by atoms with E-state index < -0.39 is 10.0 Å². The Balaban J connectivity index is 1.70. The first-order valence-corrected chi connectivity index (χ1v) is 12.7. The minimum atomic E-state index is -3.52. The molecule has 0 saturated carbocycles. The van der Waals surface area contributed by atoms with Gasteiger partial charge in [0.1, 0.15) is 5.76 Å². The van der Waals surface area contributed by atoms with Crippen LogP contribution in [0.3, 0.4) is 0 Å². The summed E-state index contributed by atoms with van der Waals surface area (Å²) in [4.78, 5) is 9.60. The number of nitrogens with one attached hydrogen (secondary N) is 1. The quantitative estimate of drug-likeness (QED) is 0.366. The van der Waals surface area contributed by atoms with E-state index in [0.29, 0.717) is 0 Å². The second-order valence-corrected chi connectivity index (χ2v) is 10.3. The van der Waals surface area contributed by atoms with Gasteiger partial charge in [0.15, 0.2) is 0 Å². The molecule has 1 unspecified atom stereocenters. The molecule has 8 nitrogen and oxygen atoms in total. The molecule has 35 heavy (non-hydrogen) atoms. The second kappa shape index (κ2) is 8.75. The average Bonchev–Trinajstić information content (AvgIpc) is 3.43. The van der Waals surface area contributed by atoms with Gasteiger partial charge in [0.05, 0.1) is 33.4 Å². The molecule has 1 aromatic carbocycles. The summed E-state index contributed by atoms with van der Waals surface area (Å²) >= 11 is 0. The van der Waals surface area contributed by atoms with Gasteiger partial charge in [-0.25, -0.2) is 13.1 Å². The van der Waals surface area contributed by atoms with Gasteiger partial charge in [-0.2, -0.15) is 0 Å². The summed E-state index contributed by atoms with van der Waals surface area (Å²) in [7, 11) is -2.12. The smallest absolute Gasteiger partial charge is 0.240 e. The van der Waals surface area contributed by atoms with Crippen molar-refractivity contribution >= 4 is 21.1 Å². The Bertz CT molecular complexity index is 1600. The molecule has 0 amide bonds. The summed E-state index contributed by atoms with van der Waals surface area (Å²) in [6, 6.07) is 14.7. The highest BCUT2D eigenvalue weighted by Crippen LogP contribution is 2.36. The number of hydrogen-bond acceptors (Lipinski definition) is 6. The molecule has 0 aliphatic heterocycles. The van der Waals surface area contributed by atoms with Crippen LogP contribution >= 0.6 is 0 Å². The molecule has 4 aromatic heterocycles. The number of aromatic nitrogens is 4. The standard InChI is InChI=1S/C26H25N5O3S/c1-16-25(18(3)34-30-16)20-13-24-26(29-14-20)22(15-31(24)17(2)23-7-5-6-12-28-23)19-8-10-21(11-9-19)35(32,33)27-4/h5-15,17,27H,1-4H3. The molecule has 5 rings (SSSR count). The number of fused-ring (bicyclic) bond motifs is 1. The van der Waals surface area contributed by atoms with Crippen LogP contribution in [0.25, 0.3) is 33.3 Å². The monoisotopic (exact) mass is 487 g/mol. The fraction of sp³-hybridized carbons (Fsp3) is 0.192. The number of sulfonamides is 1. The molecule has 1 N–H and O–H groups in total. The first-order valence-electron chi connectivity index (χ1n) is 11.2. The van der Waals surface area contributed by atoms with Gasteiger partial charge in [-0.3, -0.25) is 9.97 Å². The van der Waals surface area contributed by atoms with Crippen molar-refractivity contribution < 1.29 is 12.9 Å². The Morgan fingerprint density at radius 2 is 1.80 bits per heavy atom. The van der Waals surface area contributed by atoms with Gasteiger partial charge < -0.3 is 9.09 Å². The molecule has 178 valence electrons. The molecule has 0 aliphatic rings. The van der Waals surface area contributed by atoms with Crippen LogP contribution in [0.1, 0.15) is 30.1 Å². The van der Waals surface area contributed by atoms with E-state index in [4.69, 9.17) is 9.51 Å². The Morgan fingerprint density at radius 1 is 1.03 bits per heavy atom. The van der Waals surface area contributed by atoms with Crippen molar-refractivity contribution in [3.05, 3.63) is 84.3 Å². The number of nitrogens with zero attached hydrogens (tertiary/aromatic N) is 4. The van der Waals surface area contributed by atoms with Crippen molar-refractivity contribution in [2.45, 2.75) is 31.7 Å². The largest absolute Gasteiger partial charge is 0.361 e. The molecule has 0 saturated heterocycles. The van der Waals surface area contributed by atoms with Gasteiger partial charge >= 0.3 is 0 Å². The summed E-state index contributed by atoms with van der Waals surface area (Å²) in [5.41, 5.74) is 7.10. The van der Waals surface area contributed by atoms with Crippen molar-refractivity contribution in [3.63, 3.8) is 0 Å². The van der Waals surface area contributed by atoms with Crippen LogP contribution in [0.5, 0.6) is 0 Å². The predicted molar refractivity (Wildman–Crippen MR) is 134 cm³/mol. The van der Waals surface area contributed by atoms with Crippen LogP contribution in [0.4, 0.5) is 0 Å². The highest BCUT2D eigenvalue weighted by molar-refractivity contribution is 7.89. The van der Waals surface area contributed by atoms with Gasteiger partial charge in [0, 0.05) is 35.3 Å². The highest BCUT2D eigenvalue weighted by Gasteiger charge is 2.20. The molecular formula is C26H25N5O3S. The minimum absolute atomic E-state index is 0.0573. The van der Waals surface area contributed by atoms with Gasteiger partial charge in [-0.15, -0.1) is 0 Å². The normalized spacial score (nSPS) is 12.8. The summed E-state index contributed by atoms with van der Waals surface area (Å²) in [6.45, 7) is 5.90. The zero-order valence-electron chi connectivity index (χ0n) is 19.9. The summed E-state index contributed by atoms with van der Waals surface area (Å²) in [5, 5.41) is 4.09. The Kier molecular flexibility index (Phi) is 5.74. The number of pyridine rings is 2. The van der Waals surface area contributed by atoms with Crippen LogP contribution in [-0.2, 0) is 10.0 Å². The van der Waals surface area contributed by atoms with Gasteiger partial charge in [-0.05, 0) is 63.7 Å². The van der Waals surface area contributed by atoms with Crippen molar-refractivity contribution in [2.24, 2.45) is 0 Å². The zero-order valence-corrected chi connectivity index (χ0v) is 20.7. The summed E-state index contributed by atoms with van der Waals surface area (Å²) < 4.78 is 34.2. The maximum atomic E-state index is 12.2. The van der Waals surface area contributed by atoms with E-state index in [2.05, 4.69) is 38.6 Å². The topological polar surface area (TPSA) is 103 Å². The van der Waals surface area contributed by atoms with E-state index in [1.54, 1.807) is 30.5 Å². The molecule has 0 spiro atoms. The molecular weight excluding hydrogens is 462 g/mol. The van der Waals surface area contributed by atoms with Crippen LogP contribution in [0.15, 0.2) is 76.5 Å². The third-order valence-electron chi connectivity index (χ3n) is 6.27. The Hall–Kier alpha value is -3.82. The van der Waals surface area contributed by atoms with E-state index in [-0.39, 0.29) is 10.9 Å². The lowest BCUT2D eigenvalue weighted by Gasteiger charge is -2.15. The molecule has 9 heteroatoms. The van der Waals surface area contributed by atoms with Gasteiger partial charge in [-0.1, -0.05) is 23.4 Å². The fourth-order valence-corrected chi connectivity index (χ4v) is 5.12. The minimum Gasteiger partial charge on any atom is -0.361 e. The van der Waals surface area contributed by atoms with E-state index in [1.165, 1.54) is 7.05 Å². The van der Waals surface area contributed by atoms with E-state index >= 15 is 0 Å². The fourth-order valence-electron chi connectivity index (χ4n) is 4.39. The van der Waals surface area contributed by atoms with Crippen molar-refractivity contribution in [2.75, 3.05) is 7.05 Å². The number of benzene rings is 1. The summed E-state index contributed by atoms with van der Waals surface area (Å²) in [6.07, 6.45) is 5.66. The zero-order chi connectivity index (χ0) is 24.7. The van der Waals surface area contributed by atoms with E-state index in [9.17, 15) is 8.42 Å². The summed E-state index contributed by atoms with van der Waals surface area (Å²) in [5.74, 6) is 0.737. The lowest BCUT2D eigenvalue weighted by Crippen LogP contribution is -2.18. The van der Waals surface area contributed by atoms with Gasteiger partial charge in [0.2, 0.25) is 10.0 Å². The number of rotatable bonds is 6. The average molecular weight is 488 g/mol. The predicted octanol–water partition coefficient (Wildman–Crippen LogP) is 4.89. The number of hydrogen-bond donors (Lipinski definition) is 1. The maximum Gasteiger partial charge on any atom is 0.240 e.